The maximum Gasteiger partial charge on any atom is 0.157 e. The van der Waals surface area contributed by atoms with Crippen molar-refractivity contribution in [1.82, 2.24) is 0 Å². The molecule has 1 aliphatic rings. The van der Waals surface area contributed by atoms with E-state index >= 15 is 0 Å². The van der Waals surface area contributed by atoms with Gasteiger partial charge in [0, 0.05) is 0 Å². The summed E-state index contributed by atoms with van der Waals surface area (Å²) in [7, 11) is 0. The molecule has 0 aromatic rings. The molecule has 1 nitrogen and oxygen atoms in total. The van der Waals surface area contributed by atoms with Crippen LogP contribution >= 0.6 is 0 Å². The van der Waals surface area contributed by atoms with Crippen LogP contribution in [0.25, 0.3) is 0 Å². The normalized spacial score (nSPS) is 35.7. The van der Waals surface area contributed by atoms with Crippen molar-refractivity contribution in [2.24, 2.45) is 0 Å². The van der Waals surface area contributed by atoms with Gasteiger partial charge < -0.3 is 4.55 Å². The lowest BCUT2D eigenvalue weighted by Crippen LogP contribution is -1.73. The molecule has 2 atom stereocenters. The predicted molar refractivity (Wildman–Crippen MR) is 33.7 cm³/mol. The fourth-order valence-electron chi connectivity index (χ4n) is 0.192. The van der Waals surface area contributed by atoms with Crippen LogP contribution in [0.1, 0.15) is 6.92 Å². The van der Waals surface area contributed by atoms with Crippen LogP contribution in [0, 0.1) is 0 Å². The molecule has 0 saturated carbocycles. The summed E-state index contributed by atoms with van der Waals surface area (Å²) in [4.78, 5) is 0. The first kappa shape index (κ1) is 7.05. The van der Waals surface area contributed by atoms with Gasteiger partial charge in [0.05, 0.1) is 0 Å². The molecule has 0 amide bonds. The first-order chi connectivity index (χ1) is 3.30. The molecule has 1 fully saturated rings. The molecule has 42 valence electrons. The predicted octanol–water partition coefficient (Wildman–Crippen LogP) is 0.939. The molecule has 0 aromatic heterocycles. The minimum Gasteiger partial charge on any atom is -0.616 e. The van der Waals surface area contributed by atoms with Crippen LogP contribution < -0.4 is 0 Å². The van der Waals surface area contributed by atoms with Gasteiger partial charge in [-0.25, -0.2) is 0 Å². The standard InChI is InChI=1S/C3H6OS.C2H4/c1-3-2-5(3)4;1-2/h3H,2H2,1H3;1-2H2. The molecule has 0 N–H and O–H groups in total. The van der Waals surface area contributed by atoms with E-state index < -0.39 is 11.2 Å². The lowest BCUT2D eigenvalue weighted by molar-refractivity contribution is 0.612. The minimum absolute atomic E-state index is 0.406. The van der Waals surface area contributed by atoms with Crippen molar-refractivity contribution in [3.05, 3.63) is 13.2 Å². The minimum atomic E-state index is -0.406. The third kappa shape index (κ3) is 2.71. The SMILES string of the molecule is C=C.CC1C[S+]1[O-]. The van der Waals surface area contributed by atoms with E-state index in [4.69, 9.17) is 0 Å². The van der Waals surface area contributed by atoms with Gasteiger partial charge in [0.25, 0.3) is 0 Å². The van der Waals surface area contributed by atoms with Crippen molar-refractivity contribution >= 4 is 11.2 Å². The van der Waals surface area contributed by atoms with E-state index in [1.807, 2.05) is 6.92 Å². The summed E-state index contributed by atoms with van der Waals surface area (Å²) in [5.41, 5.74) is 0. The summed E-state index contributed by atoms with van der Waals surface area (Å²) in [6, 6.07) is 0. The Hall–Kier alpha value is 0.0500. The monoisotopic (exact) mass is 118 g/mol. The van der Waals surface area contributed by atoms with Gasteiger partial charge in [-0.05, 0) is 18.1 Å². The molecule has 0 aliphatic carbocycles. The van der Waals surface area contributed by atoms with E-state index in [2.05, 4.69) is 13.2 Å². The molecule has 1 heterocycles. The van der Waals surface area contributed by atoms with Gasteiger partial charge in [0.15, 0.2) is 11.0 Å². The van der Waals surface area contributed by atoms with Crippen molar-refractivity contribution in [3.8, 4) is 0 Å². The topological polar surface area (TPSA) is 23.1 Å². The van der Waals surface area contributed by atoms with Gasteiger partial charge >= 0.3 is 0 Å². The lowest BCUT2D eigenvalue weighted by Gasteiger charge is -1.74. The van der Waals surface area contributed by atoms with E-state index in [1.165, 1.54) is 0 Å². The summed E-state index contributed by atoms with van der Waals surface area (Å²) in [5.74, 6) is 0.944. The zero-order valence-electron chi connectivity index (χ0n) is 4.52. The third-order valence-corrected chi connectivity index (χ3v) is 2.20. The molecule has 1 rings (SSSR count). The van der Waals surface area contributed by atoms with Gasteiger partial charge in [0.2, 0.25) is 0 Å². The Balaban J connectivity index is 0.000000162. The molecule has 0 bridgehead atoms. The Kier molecular flexibility index (Phi) is 3.13. The zero-order chi connectivity index (χ0) is 5.86. The maximum atomic E-state index is 10.00. The molecule has 1 saturated heterocycles. The van der Waals surface area contributed by atoms with Crippen molar-refractivity contribution in [2.75, 3.05) is 5.75 Å². The summed E-state index contributed by atoms with van der Waals surface area (Å²) >= 11 is -0.406. The first-order valence-corrected chi connectivity index (χ1v) is 3.56. The molecule has 2 heteroatoms. The molecule has 0 spiro atoms. The smallest absolute Gasteiger partial charge is 0.157 e. The van der Waals surface area contributed by atoms with Crippen LogP contribution in [-0.2, 0) is 11.2 Å². The molecule has 2 unspecified atom stereocenters. The van der Waals surface area contributed by atoms with Crippen LogP contribution in [-0.4, -0.2) is 15.6 Å². The van der Waals surface area contributed by atoms with Crippen LogP contribution in [0.2, 0.25) is 0 Å². The highest BCUT2D eigenvalue weighted by Crippen LogP contribution is 2.18. The van der Waals surface area contributed by atoms with Gasteiger partial charge in [-0.1, -0.05) is 0 Å². The molecular weight excluding hydrogens is 108 g/mol. The van der Waals surface area contributed by atoms with Crippen LogP contribution in [0.4, 0.5) is 0 Å². The van der Waals surface area contributed by atoms with Crippen LogP contribution in [0.3, 0.4) is 0 Å². The van der Waals surface area contributed by atoms with Crippen molar-refractivity contribution in [3.63, 3.8) is 0 Å². The quantitative estimate of drug-likeness (QED) is 0.264. The average Bonchev–Trinajstić information content (AvgIpc) is 2.27. The Morgan fingerprint density at radius 2 is 1.86 bits per heavy atom. The number of hydrogen-bond donors (Lipinski definition) is 0. The van der Waals surface area contributed by atoms with Crippen molar-refractivity contribution < 1.29 is 4.55 Å². The molecule has 0 radical (unpaired) electrons. The van der Waals surface area contributed by atoms with E-state index in [0.29, 0.717) is 5.25 Å². The summed E-state index contributed by atoms with van der Waals surface area (Å²) in [6.45, 7) is 8.00. The first-order valence-electron chi connectivity index (χ1n) is 2.18. The highest BCUT2D eigenvalue weighted by atomic mass is 32.2. The molecule has 0 aromatic carbocycles. The molecule has 1 aliphatic heterocycles. The lowest BCUT2D eigenvalue weighted by atomic mass is 10.6. The second kappa shape index (κ2) is 3.10. The van der Waals surface area contributed by atoms with Gasteiger partial charge in [0.1, 0.15) is 0 Å². The molecular formula is C5H10OS. The van der Waals surface area contributed by atoms with E-state index in [9.17, 15) is 4.55 Å². The van der Waals surface area contributed by atoms with Gasteiger partial charge in [-0.2, -0.15) is 0 Å². The second-order valence-electron chi connectivity index (χ2n) is 1.36. The fourth-order valence-corrected chi connectivity index (χ4v) is 0.743. The zero-order valence-corrected chi connectivity index (χ0v) is 5.33. The highest BCUT2D eigenvalue weighted by molar-refractivity contribution is 7.99. The summed E-state index contributed by atoms with van der Waals surface area (Å²) in [6.07, 6.45) is 0. The third-order valence-electron chi connectivity index (χ3n) is 0.732. The Bertz CT molecular complexity index is 50.0. The summed E-state index contributed by atoms with van der Waals surface area (Å²) < 4.78 is 10.00. The fraction of sp³-hybridized carbons (Fsp3) is 0.600. The number of rotatable bonds is 0. The summed E-state index contributed by atoms with van der Waals surface area (Å²) in [5, 5.41) is 0.523. The van der Waals surface area contributed by atoms with Gasteiger partial charge in [-0.3, -0.25) is 0 Å². The Morgan fingerprint density at radius 1 is 1.71 bits per heavy atom. The second-order valence-corrected chi connectivity index (χ2v) is 3.26. The van der Waals surface area contributed by atoms with E-state index in [0.717, 1.165) is 5.75 Å². The Morgan fingerprint density at radius 3 is 1.86 bits per heavy atom. The van der Waals surface area contributed by atoms with Crippen LogP contribution in [0.15, 0.2) is 13.2 Å². The molecule has 7 heavy (non-hydrogen) atoms. The Labute approximate surface area is 47.6 Å². The van der Waals surface area contributed by atoms with Crippen LogP contribution in [0.5, 0.6) is 0 Å². The highest BCUT2D eigenvalue weighted by Gasteiger charge is 2.35. The van der Waals surface area contributed by atoms with Crippen molar-refractivity contribution in [2.45, 2.75) is 12.2 Å². The van der Waals surface area contributed by atoms with Gasteiger partial charge in [-0.15, -0.1) is 13.2 Å². The largest absolute Gasteiger partial charge is 0.616 e. The van der Waals surface area contributed by atoms with E-state index in [1.54, 1.807) is 0 Å². The number of hydrogen-bond acceptors (Lipinski definition) is 1. The van der Waals surface area contributed by atoms with Crippen molar-refractivity contribution in [1.29, 1.82) is 0 Å². The average molecular weight is 118 g/mol. The van der Waals surface area contributed by atoms with E-state index in [-0.39, 0.29) is 0 Å². The maximum absolute atomic E-state index is 10.00.